The van der Waals surface area contributed by atoms with Crippen molar-refractivity contribution in [1.82, 2.24) is 0 Å². The van der Waals surface area contributed by atoms with E-state index in [4.69, 9.17) is 9.47 Å². The molecule has 0 aliphatic carbocycles. The number of aliphatic hydroxyl groups excluding tert-OH is 1. The van der Waals surface area contributed by atoms with Crippen LogP contribution in [-0.2, 0) is 9.47 Å². The number of hydrogen-bond donors (Lipinski definition) is 1. The molecule has 0 amide bonds. The van der Waals surface area contributed by atoms with Crippen molar-refractivity contribution in [3.63, 3.8) is 0 Å². The molecule has 0 spiro atoms. The van der Waals surface area contributed by atoms with Gasteiger partial charge in [0.05, 0.1) is 0 Å². The largest absolute Gasteiger partial charge is 0.380 e. The Morgan fingerprint density at radius 1 is 1.44 bits per heavy atom. The second-order valence-corrected chi connectivity index (χ2v) is 5.20. The van der Waals surface area contributed by atoms with Crippen molar-refractivity contribution in [2.24, 2.45) is 5.41 Å². The van der Waals surface area contributed by atoms with E-state index in [1.54, 1.807) is 0 Å². The van der Waals surface area contributed by atoms with Crippen LogP contribution in [0.1, 0.15) is 40.0 Å². The Hall–Kier alpha value is -0.560. The second-order valence-electron chi connectivity index (χ2n) is 5.20. The van der Waals surface area contributed by atoms with E-state index in [0.29, 0.717) is 6.61 Å². The van der Waals surface area contributed by atoms with Gasteiger partial charge in [-0.05, 0) is 24.7 Å². The maximum atomic E-state index is 9.66. The standard InChI is InChI=1S/C13H22O3/c1-13(2,3)11(14)7-6-10-16-12-8-4-5-9-15-12/h11-12,14H,4-5,8-10H2,1-3H3. The summed E-state index contributed by atoms with van der Waals surface area (Å²) in [6, 6.07) is 0. The van der Waals surface area contributed by atoms with Crippen molar-refractivity contribution in [2.45, 2.75) is 52.4 Å². The van der Waals surface area contributed by atoms with Crippen LogP contribution in [0.3, 0.4) is 0 Å². The molecule has 92 valence electrons. The Labute approximate surface area is 98.1 Å². The summed E-state index contributed by atoms with van der Waals surface area (Å²) in [6.45, 7) is 6.98. The fraction of sp³-hybridized carbons (Fsp3) is 0.846. The third kappa shape index (κ3) is 4.98. The summed E-state index contributed by atoms with van der Waals surface area (Å²) in [7, 11) is 0. The molecule has 0 aromatic rings. The number of hydrogen-bond acceptors (Lipinski definition) is 3. The molecule has 3 heteroatoms. The van der Waals surface area contributed by atoms with Gasteiger partial charge >= 0.3 is 0 Å². The molecule has 1 aliphatic rings. The maximum absolute atomic E-state index is 9.66. The van der Waals surface area contributed by atoms with E-state index in [9.17, 15) is 5.11 Å². The topological polar surface area (TPSA) is 38.7 Å². The van der Waals surface area contributed by atoms with E-state index < -0.39 is 6.10 Å². The number of aliphatic hydroxyl groups is 1. The van der Waals surface area contributed by atoms with Gasteiger partial charge in [-0.2, -0.15) is 0 Å². The average molecular weight is 226 g/mol. The molecule has 1 fully saturated rings. The Bertz CT molecular complexity index is 251. The van der Waals surface area contributed by atoms with Crippen molar-refractivity contribution < 1.29 is 14.6 Å². The molecule has 2 unspecified atom stereocenters. The van der Waals surface area contributed by atoms with Crippen LogP contribution in [0.25, 0.3) is 0 Å². The number of ether oxygens (including phenoxy) is 2. The Balaban J connectivity index is 2.21. The van der Waals surface area contributed by atoms with Crippen LogP contribution in [0.15, 0.2) is 0 Å². The first kappa shape index (κ1) is 13.5. The quantitative estimate of drug-likeness (QED) is 0.731. The van der Waals surface area contributed by atoms with Crippen LogP contribution >= 0.6 is 0 Å². The Morgan fingerprint density at radius 3 is 2.75 bits per heavy atom. The van der Waals surface area contributed by atoms with Gasteiger partial charge in [0.1, 0.15) is 12.7 Å². The maximum Gasteiger partial charge on any atom is 0.158 e. The minimum absolute atomic E-state index is 0.102. The molecule has 1 heterocycles. The molecule has 0 aromatic heterocycles. The predicted octanol–water partition coefficient (Wildman–Crippen LogP) is 1.94. The molecule has 2 atom stereocenters. The van der Waals surface area contributed by atoms with E-state index in [0.717, 1.165) is 25.9 Å². The normalized spacial score (nSPS) is 23.4. The monoisotopic (exact) mass is 226 g/mol. The molecular weight excluding hydrogens is 204 g/mol. The summed E-state index contributed by atoms with van der Waals surface area (Å²) in [5.41, 5.74) is -0.200. The van der Waals surface area contributed by atoms with E-state index in [1.165, 1.54) is 0 Å². The average Bonchev–Trinajstić information content (AvgIpc) is 2.24. The summed E-state index contributed by atoms with van der Waals surface area (Å²) in [4.78, 5) is 0. The third-order valence-corrected chi connectivity index (χ3v) is 2.54. The van der Waals surface area contributed by atoms with Crippen molar-refractivity contribution in [3.05, 3.63) is 0 Å². The zero-order valence-electron chi connectivity index (χ0n) is 10.5. The molecule has 0 radical (unpaired) electrons. The fourth-order valence-corrected chi connectivity index (χ4v) is 1.33. The highest BCUT2D eigenvalue weighted by molar-refractivity contribution is 5.08. The lowest BCUT2D eigenvalue weighted by atomic mass is 9.90. The minimum atomic E-state index is -0.608. The van der Waals surface area contributed by atoms with Gasteiger partial charge in [0, 0.05) is 6.61 Å². The Morgan fingerprint density at radius 2 is 2.19 bits per heavy atom. The van der Waals surface area contributed by atoms with Crippen LogP contribution in [0.4, 0.5) is 0 Å². The van der Waals surface area contributed by atoms with Gasteiger partial charge in [-0.15, -0.1) is 0 Å². The van der Waals surface area contributed by atoms with Gasteiger partial charge < -0.3 is 14.6 Å². The smallest absolute Gasteiger partial charge is 0.158 e. The predicted molar refractivity (Wildman–Crippen MR) is 62.8 cm³/mol. The third-order valence-electron chi connectivity index (χ3n) is 2.54. The van der Waals surface area contributed by atoms with Crippen LogP contribution in [0, 0.1) is 17.3 Å². The lowest BCUT2D eigenvalue weighted by Crippen LogP contribution is -2.24. The second kappa shape index (κ2) is 6.24. The zero-order valence-corrected chi connectivity index (χ0v) is 10.5. The van der Waals surface area contributed by atoms with Crippen LogP contribution in [-0.4, -0.2) is 30.7 Å². The van der Waals surface area contributed by atoms with Crippen molar-refractivity contribution in [3.8, 4) is 11.8 Å². The first-order valence-corrected chi connectivity index (χ1v) is 5.90. The molecule has 1 saturated heterocycles. The molecule has 1 rings (SSSR count). The fourth-order valence-electron chi connectivity index (χ4n) is 1.33. The summed E-state index contributed by atoms with van der Waals surface area (Å²) in [5, 5.41) is 9.66. The molecule has 0 aromatic carbocycles. The van der Waals surface area contributed by atoms with Gasteiger partial charge in [0.2, 0.25) is 0 Å². The van der Waals surface area contributed by atoms with Gasteiger partial charge in [-0.1, -0.05) is 32.6 Å². The molecular formula is C13H22O3. The van der Waals surface area contributed by atoms with E-state index in [2.05, 4.69) is 11.8 Å². The van der Waals surface area contributed by atoms with Crippen LogP contribution in [0.2, 0.25) is 0 Å². The number of rotatable bonds is 2. The van der Waals surface area contributed by atoms with Crippen molar-refractivity contribution in [2.75, 3.05) is 13.2 Å². The van der Waals surface area contributed by atoms with E-state index >= 15 is 0 Å². The highest BCUT2D eigenvalue weighted by atomic mass is 16.7. The first-order chi connectivity index (χ1) is 7.50. The SMILES string of the molecule is CC(C)(C)C(O)C#CCOC1CCCCO1. The summed E-state index contributed by atoms with van der Waals surface area (Å²) < 4.78 is 10.8. The summed E-state index contributed by atoms with van der Waals surface area (Å²) >= 11 is 0. The van der Waals surface area contributed by atoms with Crippen LogP contribution in [0.5, 0.6) is 0 Å². The zero-order chi connectivity index (χ0) is 12.0. The van der Waals surface area contributed by atoms with Gasteiger partial charge in [0.25, 0.3) is 0 Å². The lowest BCUT2D eigenvalue weighted by molar-refractivity contribution is -0.154. The summed E-state index contributed by atoms with van der Waals surface area (Å²) in [6.07, 6.45) is 2.51. The van der Waals surface area contributed by atoms with Crippen molar-refractivity contribution in [1.29, 1.82) is 0 Å². The highest BCUT2D eigenvalue weighted by Crippen LogP contribution is 2.18. The molecule has 3 nitrogen and oxygen atoms in total. The van der Waals surface area contributed by atoms with Gasteiger partial charge in [-0.3, -0.25) is 0 Å². The van der Waals surface area contributed by atoms with E-state index in [1.807, 2.05) is 20.8 Å². The highest BCUT2D eigenvalue weighted by Gasteiger charge is 2.19. The van der Waals surface area contributed by atoms with Crippen LogP contribution < -0.4 is 0 Å². The van der Waals surface area contributed by atoms with Gasteiger partial charge in [-0.25, -0.2) is 0 Å². The molecule has 1 N–H and O–H groups in total. The lowest BCUT2D eigenvalue weighted by Gasteiger charge is -2.22. The minimum Gasteiger partial charge on any atom is -0.380 e. The Kier molecular flexibility index (Phi) is 5.27. The summed E-state index contributed by atoms with van der Waals surface area (Å²) in [5.74, 6) is 5.62. The molecule has 16 heavy (non-hydrogen) atoms. The van der Waals surface area contributed by atoms with Gasteiger partial charge in [0.15, 0.2) is 6.29 Å². The molecule has 1 aliphatic heterocycles. The first-order valence-electron chi connectivity index (χ1n) is 5.90. The van der Waals surface area contributed by atoms with Crippen molar-refractivity contribution >= 4 is 0 Å². The van der Waals surface area contributed by atoms with E-state index in [-0.39, 0.29) is 11.7 Å². The molecule has 0 saturated carbocycles. The molecule has 0 bridgehead atoms.